The lowest BCUT2D eigenvalue weighted by atomic mass is 9.84. The highest BCUT2D eigenvalue weighted by Crippen LogP contribution is 2.49. The smallest absolute Gasteiger partial charge is 0.206 e. The van der Waals surface area contributed by atoms with Crippen LogP contribution in [0.2, 0.25) is 0 Å². The minimum atomic E-state index is -5.96. The molecule has 5 aromatic rings. The Balaban J connectivity index is 2.13. The minimum Gasteiger partial charge on any atom is -0.206 e. The van der Waals surface area contributed by atoms with E-state index >= 15 is 13.2 Å². The molecular weight excluding hydrogens is 590 g/mol. The van der Waals surface area contributed by atoms with Crippen molar-refractivity contribution < 1.29 is 61.5 Å². The van der Waals surface area contributed by atoms with Gasteiger partial charge in [0.2, 0.25) is 0 Å². The van der Waals surface area contributed by atoms with Crippen LogP contribution in [0.25, 0.3) is 43.8 Å². The highest BCUT2D eigenvalue weighted by atomic mass is 19.4. The van der Waals surface area contributed by atoms with Crippen LogP contribution >= 0.6 is 0 Å². The molecule has 0 aromatic heterocycles. The average Bonchev–Trinajstić information content (AvgIpc) is 2.88. The lowest BCUT2D eigenvalue weighted by molar-refractivity contribution is -0.143. The van der Waals surface area contributed by atoms with Gasteiger partial charge < -0.3 is 0 Å². The second kappa shape index (κ2) is 9.35. The monoisotopic (exact) mass is 596 g/mol. The summed E-state index contributed by atoms with van der Waals surface area (Å²) in [5.41, 5.74) is -9.14. The number of hydrogen-bond acceptors (Lipinski definition) is 0. The van der Waals surface area contributed by atoms with Crippen molar-refractivity contribution in [1.82, 2.24) is 0 Å². The first-order chi connectivity index (χ1) is 19.1. The van der Waals surface area contributed by atoms with E-state index in [4.69, 9.17) is 0 Å². The van der Waals surface area contributed by atoms with Crippen LogP contribution in [-0.4, -0.2) is 0 Å². The van der Waals surface area contributed by atoms with Crippen molar-refractivity contribution in [2.75, 3.05) is 0 Å². The van der Waals surface area contributed by atoms with E-state index in [1.165, 1.54) is 0 Å². The molecule has 0 spiro atoms. The van der Waals surface area contributed by atoms with E-state index in [1.807, 2.05) is 0 Å². The summed E-state index contributed by atoms with van der Waals surface area (Å²) < 4.78 is 201. The van der Waals surface area contributed by atoms with Crippen molar-refractivity contribution in [2.24, 2.45) is 0 Å². The van der Waals surface area contributed by atoms with Gasteiger partial charge in [-0.25, -0.2) is 48.3 Å². The van der Waals surface area contributed by atoms with Crippen LogP contribution < -0.4 is 0 Å². The zero-order chi connectivity index (χ0) is 30.3. The van der Waals surface area contributed by atoms with E-state index < -0.39 is 120 Å². The van der Waals surface area contributed by atoms with Gasteiger partial charge in [0.15, 0.2) is 58.2 Å². The standard InChI is InChI=1S/C27H6F14/c28-10-3-1-2-7-15(18-23(35)25(37)20(27(39,40)41)26(38)24(18)36)8-4-11(29)12(30)5-9(8)17(16(7)10)19-21(33)13(31)6-14(32)22(19)34/h1-6H. The maximum Gasteiger partial charge on any atom is 0.422 e. The molecule has 0 radical (unpaired) electrons. The molecule has 212 valence electrons. The molecule has 41 heavy (non-hydrogen) atoms. The summed E-state index contributed by atoms with van der Waals surface area (Å²) in [6.45, 7) is 0. The highest BCUT2D eigenvalue weighted by molar-refractivity contribution is 6.21. The number of rotatable bonds is 2. The van der Waals surface area contributed by atoms with Gasteiger partial charge in [-0.1, -0.05) is 12.1 Å². The number of fused-ring (bicyclic) bond motifs is 2. The topological polar surface area (TPSA) is 0 Å². The van der Waals surface area contributed by atoms with E-state index in [1.54, 1.807) is 0 Å². The second-order valence-electron chi connectivity index (χ2n) is 8.57. The van der Waals surface area contributed by atoms with Crippen LogP contribution in [0.4, 0.5) is 61.5 Å². The van der Waals surface area contributed by atoms with Crippen LogP contribution in [0.3, 0.4) is 0 Å². The van der Waals surface area contributed by atoms with Crippen molar-refractivity contribution in [1.29, 1.82) is 0 Å². The third kappa shape index (κ3) is 4.06. The van der Waals surface area contributed by atoms with Crippen molar-refractivity contribution in [3.8, 4) is 22.3 Å². The first-order valence-electron chi connectivity index (χ1n) is 10.9. The van der Waals surface area contributed by atoms with Gasteiger partial charge in [-0.3, -0.25) is 0 Å². The zero-order valence-electron chi connectivity index (χ0n) is 19.3. The van der Waals surface area contributed by atoms with E-state index in [0.29, 0.717) is 12.1 Å². The molecule has 14 heteroatoms. The van der Waals surface area contributed by atoms with E-state index in [0.717, 1.165) is 6.07 Å². The predicted molar refractivity (Wildman–Crippen MR) is 117 cm³/mol. The Hall–Kier alpha value is -4.36. The van der Waals surface area contributed by atoms with E-state index in [2.05, 4.69) is 0 Å². The SMILES string of the molecule is Fc1cc2c(-c3c(F)c(F)c(C(F)(F)F)c(F)c3F)c3cccc(F)c3c(-c3c(F)c(F)cc(F)c3F)c2cc1F. The normalized spacial score (nSPS) is 12.1. The Morgan fingerprint density at radius 1 is 0.390 bits per heavy atom. The van der Waals surface area contributed by atoms with Crippen LogP contribution in [0.1, 0.15) is 5.56 Å². The first-order valence-corrected chi connectivity index (χ1v) is 10.9. The number of halogens is 14. The Labute approximate surface area is 218 Å². The van der Waals surface area contributed by atoms with Crippen molar-refractivity contribution in [2.45, 2.75) is 6.18 Å². The van der Waals surface area contributed by atoms with Gasteiger partial charge in [0.25, 0.3) is 0 Å². The quantitative estimate of drug-likeness (QED) is 0.108. The molecule has 5 aromatic carbocycles. The number of benzene rings is 5. The fourth-order valence-electron chi connectivity index (χ4n) is 4.65. The Morgan fingerprint density at radius 3 is 1.34 bits per heavy atom. The van der Waals surface area contributed by atoms with Crippen molar-refractivity contribution in [3.05, 3.63) is 106 Å². The molecule has 0 saturated carbocycles. The molecule has 0 aliphatic rings. The minimum absolute atomic E-state index is 0.0731. The van der Waals surface area contributed by atoms with Gasteiger partial charge in [-0.05, 0) is 34.4 Å². The Kier molecular flexibility index (Phi) is 6.42. The summed E-state index contributed by atoms with van der Waals surface area (Å²) in [6, 6.07) is 1.92. The summed E-state index contributed by atoms with van der Waals surface area (Å²) in [5, 5.41) is -4.34. The molecular formula is C27H6F14. The van der Waals surface area contributed by atoms with E-state index in [-0.39, 0.29) is 18.2 Å². The summed E-state index contributed by atoms with van der Waals surface area (Å²) >= 11 is 0. The summed E-state index contributed by atoms with van der Waals surface area (Å²) in [7, 11) is 0. The molecule has 0 aliphatic carbocycles. The second-order valence-corrected chi connectivity index (χ2v) is 8.57. The lowest BCUT2D eigenvalue weighted by Gasteiger charge is -2.21. The van der Waals surface area contributed by atoms with Gasteiger partial charge in [0.1, 0.15) is 11.4 Å². The average molecular weight is 596 g/mol. The fraction of sp³-hybridized carbons (Fsp3) is 0.0370. The van der Waals surface area contributed by atoms with Crippen LogP contribution in [0, 0.1) is 64.0 Å². The molecule has 0 aliphatic heterocycles. The summed E-state index contributed by atoms with van der Waals surface area (Å²) in [6.07, 6.45) is -5.96. The van der Waals surface area contributed by atoms with Gasteiger partial charge in [-0.2, -0.15) is 13.2 Å². The van der Waals surface area contributed by atoms with Crippen molar-refractivity contribution >= 4 is 21.5 Å². The molecule has 0 nitrogen and oxygen atoms in total. The fourth-order valence-corrected chi connectivity index (χ4v) is 4.65. The first kappa shape index (κ1) is 28.2. The molecule has 0 bridgehead atoms. The van der Waals surface area contributed by atoms with Crippen LogP contribution in [0.5, 0.6) is 0 Å². The molecule has 0 amide bonds. The number of alkyl halides is 3. The molecule has 0 saturated heterocycles. The Morgan fingerprint density at radius 2 is 0.854 bits per heavy atom. The van der Waals surface area contributed by atoms with Crippen LogP contribution in [0.15, 0.2) is 36.4 Å². The molecule has 0 fully saturated rings. The zero-order valence-corrected chi connectivity index (χ0v) is 19.3. The maximum atomic E-state index is 15.3. The van der Waals surface area contributed by atoms with Gasteiger partial charge in [0, 0.05) is 22.6 Å². The predicted octanol–water partition coefficient (Wildman–Crippen LogP) is 9.88. The molecule has 0 atom stereocenters. The molecule has 5 rings (SSSR count). The lowest BCUT2D eigenvalue weighted by Crippen LogP contribution is -2.16. The number of hydrogen-bond donors (Lipinski definition) is 0. The van der Waals surface area contributed by atoms with Gasteiger partial charge in [0.05, 0.1) is 11.1 Å². The summed E-state index contributed by atoms with van der Waals surface area (Å²) in [4.78, 5) is 0. The highest BCUT2D eigenvalue weighted by Gasteiger charge is 2.43. The molecule has 0 unspecified atom stereocenters. The molecule has 0 heterocycles. The van der Waals surface area contributed by atoms with Gasteiger partial charge >= 0.3 is 6.18 Å². The van der Waals surface area contributed by atoms with Crippen LogP contribution in [-0.2, 0) is 6.18 Å². The van der Waals surface area contributed by atoms with Gasteiger partial charge in [-0.15, -0.1) is 0 Å². The Bertz CT molecular complexity index is 1880. The summed E-state index contributed by atoms with van der Waals surface area (Å²) in [5.74, 6) is -25.0. The van der Waals surface area contributed by atoms with E-state index in [9.17, 15) is 48.3 Å². The third-order valence-electron chi connectivity index (χ3n) is 6.29. The largest absolute Gasteiger partial charge is 0.422 e. The molecule has 0 N–H and O–H groups in total. The maximum absolute atomic E-state index is 15.3. The third-order valence-corrected chi connectivity index (χ3v) is 6.29. The van der Waals surface area contributed by atoms with Crippen molar-refractivity contribution in [3.63, 3.8) is 0 Å².